The second-order valence-electron chi connectivity index (χ2n) is 6.16. The summed E-state index contributed by atoms with van der Waals surface area (Å²) in [6.07, 6.45) is -4.77. The van der Waals surface area contributed by atoms with Gasteiger partial charge in [-0.05, 0) is 30.3 Å². The maximum Gasteiger partial charge on any atom is 0.573 e. The van der Waals surface area contributed by atoms with Crippen molar-refractivity contribution in [2.24, 2.45) is 0 Å². The average molecular weight is 400 g/mol. The van der Waals surface area contributed by atoms with Gasteiger partial charge in [-0.15, -0.1) is 13.2 Å². The lowest BCUT2D eigenvalue weighted by Crippen LogP contribution is -2.35. The number of carbonyl (C=O) groups is 1. The van der Waals surface area contributed by atoms with E-state index in [0.29, 0.717) is 16.9 Å². The fraction of sp³-hybridized carbons (Fsp3) is 0.136. The standard InChI is InChI=1S/C22H19F3N2O2/c23-22(24,25)29-20-14-8-7-9-17(20)15-26-16-21(28)27(18-10-3-1-4-11-18)19-12-5-2-6-13-19/h1-14,26H,15-16H2. The maximum absolute atomic E-state index is 12.9. The molecule has 3 aromatic carbocycles. The first kappa shape index (κ1) is 20.4. The first-order chi connectivity index (χ1) is 13.9. The third-order valence-corrected chi connectivity index (χ3v) is 4.07. The van der Waals surface area contributed by atoms with Crippen molar-refractivity contribution in [3.63, 3.8) is 0 Å². The van der Waals surface area contributed by atoms with E-state index in [-0.39, 0.29) is 24.7 Å². The van der Waals surface area contributed by atoms with Gasteiger partial charge in [0.25, 0.3) is 0 Å². The second-order valence-corrected chi connectivity index (χ2v) is 6.16. The van der Waals surface area contributed by atoms with E-state index in [2.05, 4.69) is 10.1 Å². The maximum atomic E-state index is 12.9. The van der Waals surface area contributed by atoms with Gasteiger partial charge >= 0.3 is 6.36 Å². The lowest BCUT2D eigenvalue weighted by molar-refractivity contribution is -0.274. The zero-order chi connectivity index (χ0) is 20.7. The summed E-state index contributed by atoms with van der Waals surface area (Å²) in [5, 5.41) is 2.91. The summed E-state index contributed by atoms with van der Waals surface area (Å²) in [5.41, 5.74) is 1.71. The van der Waals surface area contributed by atoms with Crippen LogP contribution in [0.4, 0.5) is 24.5 Å². The van der Waals surface area contributed by atoms with Crippen molar-refractivity contribution >= 4 is 17.3 Å². The minimum Gasteiger partial charge on any atom is -0.405 e. The Kier molecular flexibility index (Phi) is 6.51. The molecule has 7 heteroatoms. The van der Waals surface area contributed by atoms with E-state index < -0.39 is 6.36 Å². The van der Waals surface area contributed by atoms with E-state index in [1.54, 1.807) is 11.0 Å². The molecule has 0 unspecified atom stereocenters. The van der Waals surface area contributed by atoms with Gasteiger partial charge in [-0.25, -0.2) is 0 Å². The third kappa shape index (κ3) is 5.83. The summed E-state index contributed by atoms with van der Waals surface area (Å²) < 4.78 is 41.7. The van der Waals surface area contributed by atoms with Gasteiger partial charge in [-0.2, -0.15) is 0 Å². The predicted octanol–water partition coefficient (Wildman–Crippen LogP) is 5.04. The minimum atomic E-state index is -4.77. The van der Waals surface area contributed by atoms with Gasteiger partial charge in [-0.3, -0.25) is 9.69 Å². The summed E-state index contributed by atoms with van der Waals surface area (Å²) in [6, 6.07) is 24.1. The molecular weight excluding hydrogens is 381 g/mol. The first-order valence-corrected chi connectivity index (χ1v) is 8.91. The van der Waals surface area contributed by atoms with Crippen LogP contribution in [-0.4, -0.2) is 18.8 Å². The highest BCUT2D eigenvalue weighted by atomic mass is 19.4. The molecule has 1 N–H and O–H groups in total. The van der Waals surface area contributed by atoms with Crippen LogP contribution in [0.3, 0.4) is 0 Å². The van der Waals surface area contributed by atoms with Gasteiger partial charge in [0.05, 0.1) is 6.54 Å². The van der Waals surface area contributed by atoms with E-state index in [1.807, 2.05) is 60.7 Å². The summed E-state index contributed by atoms with van der Waals surface area (Å²) in [4.78, 5) is 14.5. The Labute approximate surface area is 166 Å². The summed E-state index contributed by atoms with van der Waals surface area (Å²) in [6.45, 7) is -0.0143. The number of hydrogen-bond donors (Lipinski definition) is 1. The van der Waals surface area contributed by atoms with Crippen LogP contribution in [0.15, 0.2) is 84.9 Å². The molecule has 3 aromatic rings. The number of amides is 1. The molecule has 0 saturated heterocycles. The number of halogens is 3. The Balaban J connectivity index is 1.71. The molecule has 1 amide bonds. The number of ether oxygens (including phenoxy) is 1. The van der Waals surface area contributed by atoms with Crippen LogP contribution in [0.5, 0.6) is 5.75 Å². The molecule has 0 aliphatic heterocycles. The highest BCUT2D eigenvalue weighted by Crippen LogP contribution is 2.27. The Hall–Kier alpha value is -3.32. The van der Waals surface area contributed by atoms with Crippen molar-refractivity contribution in [3.8, 4) is 5.75 Å². The van der Waals surface area contributed by atoms with Crippen LogP contribution in [0, 0.1) is 0 Å². The molecule has 0 fully saturated rings. The van der Waals surface area contributed by atoms with Crippen molar-refractivity contribution < 1.29 is 22.7 Å². The van der Waals surface area contributed by atoms with Crippen LogP contribution < -0.4 is 15.0 Å². The van der Waals surface area contributed by atoms with Crippen molar-refractivity contribution in [2.75, 3.05) is 11.4 Å². The van der Waals surface area contributed by atoms with Crippen molar-refractivity contribution in [3.05, 3.63) is 90.5 Å². The van der Waals surface area contributed by atoms with Gasteiger partial charge in [0, 0.05) is 23.5 Å². The number of carbonyl (C=O) groups excluding carboxylic acids is 1. The Morgan fingerprint density at radius 2 is 1.34 bits per heavy atom. The zero-order valence-electron chi connectivity index (χ0n) is 15.4. The largest absolute Gasteiger partial charge is 0.573 e. The molecule has 4 nitrogen and oxygen atoms in total. The van der Waals surface area contributed by atoms with Crippen molar-refractivity contribution in [2.45, 2.75) is 12.9 Å². The summed E-state index contributed by atoms with van der Waals surface area (Å²) >= 11 is 0. The van der Waals surface area contributed by atoms with E-state index in [1.165, 1.54) is 18.2 Å². The predicted molar refractivity (Wildman–Crippen MR) is 105 cm³/mol. The van der Waals surface area contributed by atoms with Gasteiger partial charge in [-0.1, -0.05) is 54.6 Å². The molecule has 0 aliphatic rings. The van der Waals surface area contributed by atoms with Gasteiger partial charge in [0.2, 0.25) is 5.91 Å². The van der Waals surface area contributed by atoms with E-state index in [0.717, 1.165) is 0 Å². The van der Waals surface area contributed by atoms with Crippen molar-refractivity contribution in [1.82, 2.24) is 5.32 Å². The second kappa shape index (κ2) is 9.25. The van der Waals surface area contributed by atoms with Crippen LogP contribution in [0.25, 0.3) is 0 Å². The number of alkyl halides is 3. The highest BCUT2D eigenvalue weighted by Gasteiger charge is 2.32. The molecule has 0 aromatic heterocycles. The molecule has 150 valence electrons. The Bertz CT molecular complexity index is 892. The molecule has 0 saturated carbocycles. The zero-order valence-corrected chi connectivity index (χ0v) is 15.4. The molecule has 3 rings (SSSR count). The number of rotatable bonds is 7. The van der Waals surface area contributed by atoms with Crippen molar-refractivity contribution in [1.29, 1.82) is 0 Å². The van der Waals surface area contributed by atoms with Crippen LogP contribution >= 0.6 is 0 Å². The molecular formula is C22H19F3N2O2. The number of anilines is 2. The lowest BCUT2D eigenvalue weighted by atomic mass is 10.2. The highest BCUT2D eigenvalue weighted by molar-refractivity contribution is 6.01. The molecule has 0 heterocycles. The van der Waals surface area contributed by atoms with Crippen LogP contribution in [0.1, 0.15) is 5.56 Å². The molecule has 0 radical (unpaired) electrons. The molecule has 0 spiro atoms. The Morgan fingerprint density at radius 1 is 0.828 bits per heavy atom. The van der Waals surface area contributed by atoms with E-state index in [9.17, 15) is 18.0 Å². The number of nitrogens with one attached hydrogen (secondary N) is 1. The van der Waals surface area contributed by atoms with Gasteiger partial charge in [0.1, 0.15) is 5.75 Å². The molecule has 0 aliphatic carbocycles. The SMILES string of the molecule is O=C(CNCc1ccccc1OC(F)(F)F)N(c1ccccc1)c1ccccc1. The molecule has 0 atom stereocenters. The quantitative estimate of drug-likeness (QED) is 0.604. The van der Waals surface area contributed by atoms with E-state index >= 15 is 0 Å². The fourth-order valence-corrected chi connectivity index (χ4v) is 2.85. The molecule has 29 heavy (non-hydrogen) atoms. The van der Waals surface area contributed by atoms with Gasteiger partial charge < -0.3 is 10.1 Å². The van der Waals surface area contributed by atoms with E-state index in [4.69, 9.17) is 0 Å². The van der Waals surface area contributed by atoms with Crippen LogP contribution in [-0.2, 0) is 11.3 Å². The normalized spacial score (nSPS) is 11.1. The first-order valence-electron chi connectivity index (χ1n) is 8.91. The number of para-hydroxylation sites is 3. The third-order valence-electron chi connectivity index (χ3n) is 4.07. The smallest absolute Gasteiger partial charge is 0.405 e. The minimum absolute atomic E-state index is 0.0510. The summed E-state index contributed by atoms with van der Waals surface area (Å²) in [5.74, 6) is -0.528. The van der Waals surface area contributed by atoms with Crippen LogP contribution in [0.2, 0.25) is 0 Å². The average Bonchev–Trinajstić information content (AvgIpc) is 2.70. The monoisotopic (exact) mass is 400 g/mol. The van der Waals surface area contributed by atoms with Gasteiger partial charge in [0.15, 0.2) is 0 Å². The fourth-order valence-electron chi connectivity index (χ4n) is 2.85. The Morgan fingerprint density at radius 3 is 1.90 bits per heavy atom. The molecule has 0 bridgehead atoms. The number of benzene rings is 3. The number of nitrogens with zero attached hydrogens (tertiary/aromatic N) is 1. The lowest BCUT2D eigenvalue weighted by Gasteiger charge is -2.23. The summed E-state index contributed by atoms with van der Waals surface area (Å²) in [7, 11) is 0. The number of hydrogen-bond acceptors (Lipinski definition) is 3. The topological polar surface area (TPSA) is 41.6 Å².